The third-order valence-electron chi connectivity index (χ3n) is 3.65. The van der Waals surface area contributed by atoms with Crippen molar-refractivity contribution in [3.63, 3.8) is 0 Å². The predicted octanol–water partition coefficient (Wildman–Crippen LogP) is 2.28. The van der Waals surface area contributed by atoms with Crippen LogP contribution in [0, 0.1) is 0 Å². The minimum absolute atomic E-state index is 0.735. The molecule has 106 valence electrons. The lowest BCUT2D eigenvalue weighted by atomic mass is 10.1. The maximum absolute atomic E-state index is 5.97. The van der Waals surface area contributed by atoms with Crippen molar-refractivity contribution in [2.24, 2.45) is 0 Å². The largest absolute Gasteiger partial charge is 0.397 e. The molecule has 1 saturated heterocycles. The molecular formula is C15H20N4S. The van der Waals surface area contributed by atoms with Crippen LogP contribution in [0.25, 0.3) is 10.9 Å². The number of nitrogen functional groups attached to an aromatic ring is 1. The highest BCUT2D eigenvalue weighted by molar-refractivity contribution is 7.99. The van der Waals surface area contributed by atoms with Crippen molar-refractivity contribution >= 4 is 34.0 Å². The molecule has 0 bridgehead atoms. The Bertz CT molecular complexity index is 581. The van der Waals surface area contributed by atoms with Gasteiger partial charge in [-0.25, -0.2) is 0 Å². The number of para-hydroxylation sites is 1. The number of nitrogens with zero attached hydrogens (tertiary/aromatic N) is 2. The fourth-order valence-corrected chi connectivity index (χ4v) is 3.51. The topological polar surface area (TPSA) is 54.2 Å². The monoisotopic (exact) mass is 288 g/mol. The van der Waals surface area contributed by atoms with Crippen LogP contribution in [-0.2, 0) is 0 Å². The Morgan fingerprint density at radius 1 is 1.25 bits per heavy atom. The summed E-state index contributed by atoms with van der Waals surface area (Å²) >= 11 is 2.05. The van der Waals surface area contributed by atoms with E-state index in [1.807, 2.05) is 36.2 Å². The number of nitrogens with one attached hydrogen (secondary N) is 1. The van der Waals surface area contributed by atoms with Crippen LogP contribution in [0.5, 0.6) is 0 Å². The number of fused-ring (bicyclic) bond motifs is 1. The second-order valence-electron chi connectivity index (χ2n) is 4.98. The smallest absolute Gasteiger partial charge is 0.0951 e. The maximum atomic E-state index is 5.97. The molecule has 1 fully saturated rings. The average Bonchev–Trinajstić information content (AvgIpc) is 2.49. The van der Waals surface area contributed by atoms with Crippen molar-refractivity contribution in [1.82, 2.24) is 9.88 Å². The summed E-state index contributed by atoms with van der Waals surface area (Å²) in [5.74, 6) is 2.52. The number of benzene rings is 1. The van der Waals surface area contributed by atoms with Crippen LogP contribution < -0.4 is 11.1 Å². The second kappa shape index (κ2) is 6.33. The minimum Gasteiger partial charge on any atom is -0.397 e. The normalized spacial score (nSPS) is 16.4. The van der Waals surface area contributed by atoms with E-state index in [4.69, 9.17) is 5.73 Å². The Morgan fingerprint density at radius 2 is 2.10 bits per heavy atom. The van der Waals surface area contributed by atoms with Crippen LogP contribution in [0.15, 0.2) is 30.5 Å². The summed E-state index contributed by atoms with van der Waals surface area (Å²) in [5.41, 5.74) is 8.71. The average molecular weight is 288 g/mol. The van der Waals surface area contributed by atoms with E-state index in [2.05, 4.69) is 21.3 Å². The van der Waals surface area contributed by atoms with Gasteiger partial charge in [-0.15, -0.1) is 0 Å². The number of hydrogen-bond donors (Lipinski definition) is 2. The number of nitrogens with two attached hydrogens (primary N) is 1. The quantitative estimate of drug-likeness (QED) is 0.845. The number of aromatic nitrogens is 1. The fourth-order valence-electron chi connectivity index (χ4n) is 2.53. The Balaban J connectivity index is 1.66. The van der Waals surface area contributed by atoms with Crippen molar-refractivity contribution in [1.29, 1.82) is 0 Å². The summed E-state index contributed by atoms with van der Waals surface area (Å²) in [6.07, 6.45) is 1.82. The molecular weight excluding hydrogens is 268 g/mol. The molecule has 3 N–H and O–H groups in total. The molecule has 0 spiro atoms. The van der Waals surface area contributed by atoms with E-state index < -0.39 is 0 Å². The summed E-state index contributed by atoms with van der Waals surface area (Å²) in [7, 11) is 0. The molecule has 0 saturated carbocycles. The molecule has 0 aliphatic carbocycles. The number of rotatable bonds is 4. The van der Waals surface area contributed by atoms with Gasteiger partial charge in [0.1, 0.15) is 0 Å². The number of pyridine rings is 1. The first-order chi connectivity index (χ1) is 9.84. The van der Waals surface area contributed by atoms with Gasteiger partial charge in [-0.05, 0) is 12.1 Å². The Labute approximate surface area is 123 Å². The Morgan fingerprint density at radius 3 is 2.95 bits per heavy atom. The molecule has 5 heteroatoms. The zero-order chi connectivity index (χ0) is 13.8. The van der Waals surface area contributed by atoms with E-state index in [0.717, 1.165) is 35.4 Å². The van der Waals surface area contributed by atoms with Crippen LogP contribution in [0.3, 0.4) is 0 Å². The maximum Gasteiger partial charge on any atom is 0.0951 e. The van der Waals surface area contributed by atoms with Crippen molar-refractivity contribution < 1.29 is 0 Å². The highest BCUT2D eigenvalue weighted by atomic mass is 32.2. The molecule has 3 rings (SSSR count). The molecule has 4 nitrogen and oxygen atoms in total. The van der Waals surface area contributed by atoms with Crippen molar-refractivity contribution in [2.45, 2.75) is 0 Å². The molecule has 0 atom stereocenters. The van der Waals surface area contributed by atoms with Gasteiger partial charge in [0.05, 0.1) is 11.2 Å². The van der Waals surface area contributed by atoms with Gasteiger partial charge in [-0.1, -0.05) is 12.1 Å². The molecule has 1 aromatic carbocycles. The van der Waals surface area contributed by atoms with Crippen molar-refractivity contribution in [3.8, 4) is 0 Å². The minimum atomic E-state index is 0.735. The first-order valence-electron chi connectivity index (χ1n) is 7.02. The summed E-state index contributed by atoms with van der Waals surface area (Å²) in [6, 6.07) is 7.96. The van der Waals surface area contributed by atoms with Gasteiger partial charge in [0.2, 0.25) is 0 Å². The Kier molecular flexibility index (Phi) is 4.28. The molecule has 20 heavy (non-hydrogen) atoms. The van der Waals surface area contributed by atoms with E-state index in [-0.39, 0.29) is 0 Å². The highest BCUT2D eigenvalue weighted by Crippen LogP contribution is 2.25. The lowest BCUT2D eigenvalue weighted by Crippen LogP contribution is -2.36. The van der Waals surface area contributed by atoms with Gasteiger partial charge in [0.25, 0.3) is 0 Å². The number of thioether (sulfide) groups is 1. The predicted molar refractivity (Wildman–Crippen MR) is 88.4 cm³/mol. The van der Waals surface area contributed by atoms with Gasteiger partial charge in [-0.3, -0.25) is 9.88 Å². The zero-order valence-electron chi connectivity index (χ0n) is 11.5. The van der Waals surface area contributed by atoms with E-state index in [1.54, 1.807) is 0 Å². The molecule has 1 aliphatic heterocycles. The zero-order valence-corrected chi connectivity index (χ0v) is 12.3. The molecule has 0 radical (unpaired) electrons. The fraction of sp³-hybridized carbons (Fsp3) is 0.400. The van der Waals surface area contributed by atoms with Crippen molar-refractivity contribution in [3.05, 3.63) is 30.5 Å². The Hall–Kier alpha value is -1.46. The summed E-state index contributed by atoms with van der Waals surface area (Å²) in [5, 5.41) is 4.62. The summed E-state index contributed by atoms with van der Waals surface area (Å²) in [6.45, 7) is 4.46. The lowest BCUT2D eigenvalue weighted by molar-refractivity contribution is 0.314. The molecule has 1 aliphatic rings. The third kappa shape index (κ3) is 2.99. The SMILES string of the molecule is Nc1cccc2c(NCCN3CCSCC3)ccnc12. The number of anilines is 2. The van der Waals surface area contributed by atoms with Crippen LogP contribution in [0.2, 0.25) is 0 Å². The van der Waals surface area contributed by atoms with E-state index in [0.29, 0.717) is 0 Å². The third-order valence-corrected chi connectivity index (χ3v) is 4.59. The van der Waals surface area contributed by atoms with Crippen LogP contribution >= 0.6 is 11.8 Å². The van der Waals surface area contributed by atoms with Gasteiger partial charge >= 0.3 is 0 Å². The van der Waals surface area contributed by atoms with Gasteiger partial charge in [0, 0.05) is 55.0 Å². The lowest BCUT2D eigenvalue weighted by Gasteiger charge is -2.26. The van der Waals surface area contributed by atoms with Crippen molar-refractivity contribution in [2.75, 3.05) is 48.7 Å². The molecule has 1 aromatic heterocycles. The van der Waals surface area contributed by atoms with Crippen LogP contribution in [0.4, 0.5) is 11.4 Å². The molecule has 2 heterocycles. The molecule has 2 aromatic rings. The summed E-state index contributed by atoms with van der Waals surface area (Å²) < 4.78 is 0. The van der Waals surface area contributed by atoms with Crippen LogP contribution in [0.1, 0.15) is 0 Å². The van der Waals surface area contributed by atoms with Gasteiger partial charge in [-0.2, -0.15) is 11.8 Å². The van der Waals surface area contributed by atoms with E-state index in [9.17, 15) is 0 Å². The van der Waals surface area contributed by atoms with Gasteiger partial charge < -0.3 is 11.1 Å². The van der Waals surface area contributed by atoms with E-state index >= 15 is 0 Å². The standard InChI is InChI=1S/C15H20N4S/c16-13-3-1-2-12-14(4-5-18-15(12)13)17-6-7-19-8-10-20-11-9-19/h1-5H,6-11,16H2,(H,17,18). The van der Waals surface area contributed by atoms with E-state index in [1.165, 1.54) is 24.6 Å². The van der Waals surface area contributed by atoms with Gasteiger partial charge in [0.15, 0.2) is 0 Å². The summed E-state index contributed by atoms with van der Waals surface area (Å²) in [4.78, 5) is 6.88. The highest BCUT2D eigenvalue weighted by Gasteiger charge is 2.10. The van der Waals surface area contributed by atoms with Crippen LogP contribution in [-0.4, -0.2) is 47.6 Å². The first kappa shape index (κ1) is 13.5. The molecule has 0 unspecified atom stereocenters. The molecule has 0 amide bonds. The first-order valence-corrected chi connectivity index (χ1v) is 8.17. The number of hydrogen-bond acceptors (Lipinski definition) is 5. The second-order valence-corrected chi connectivity index (χ2v) is 6.21.